The quantitative estimate of drug-likeness (QED) is 0.741. The second-order valence-electron chi connectivity index (χ2n) is 4.59. The lowest BCUT2D eigenvalue weighted by Crippen LogP contribution is -2.04. The van der Waals surface area contributed by atoms with Crippen molar-refractivity contribution in [3.05, 3.63) is 58.9 Å². The summed E-state index contributed by atoms with van der Waals surface area (Å²) in [6, 6.07) is 12.0. The highest BCUT2D eigenvalue weighted by Crippen LogP contribution is 2.24. The fraction of sp³-hybridized carbons (Fsp3) is 0.133. The summed E-state index contributed by atoms with van der Waals surface area (Å²) < 4.78 is 18.6. The number of nitrogens with zero attached hydrogens (tertiary/aromatic N) is 4. The summed E-state index contributed by atoms with van der Waals surface area (Å²) >= 11 is 6.10. The molecule has 0 bridgehead atoms. The number of hydrogen-bond acceptors (Lipinski definition) is 4. The van der Waals surface area contributed by atoms with E-state index in [2.05, 4.69) is 15.4 Å². The molecule has 0 aliphatic rings. The van der Waals surface area contributed by atoms with Gasteiger partial charge in [0.15, 0.2) is 11.6 Å². The molecule has 5 nitrogen and oxygen atoms in total. The van der Waals surface area contributed by atoms with Crippen LogP contribution in [0.1, 0.15) is 5.56 Å². The number of hydrogen-bond donors (Lipinski definition) is 0. The van der Waals surface area contributed by atoms with E-state index in [9.17, 15) is 4.39 Å². The molecule has 0 aliphatic carbocycles. The third kappa shape index (κ3) is 2.92. The third-order valence-electron chi connectivity index (χ3n) is 3.11. The van der Waals surface area contributed by atoms with Gasteiger partial charge in [-0.05, 0) is 35.0 Å². The summed E-state index contributed by atoms with van der Waals surface area (Å²) in [4.78, 5) is 1.39. The van der Waals surface area contributed by atoms with E-state index in [1.807, 2.05) is 18.2 Å². The Labute approximate surface area is 131 Å². The lowest BCUT2D eigenvalue weighted by molar-refractivity contribution is 0.386. The molecule has 0 amide bonds. The first-order chi connectivity index (χ1) is 10.7. The second-order valence-corrected chi connectivity index (χ2v) is 5.00. The van der Waals surface area contributed by atoms with Crippen LogP contribution in [0.3, 0.4) is 0 Å². The minimum atomic E-state index is -0.425. The average molecular weight is 319 g/mol. The van der Waals surface area contributed by atoms with Gasteiger partial charge in [-0.3, -0.25) is 0 Å². The van der Waals surface area contributed by atoms with Crippen molar-refractivity contribution in [2.45, 2.75) is 6.54 Å². The highest BCUT2D eigenvalue weighted by molar-refractivity contribution is 6.33. The third-order valence-corrected chi connectivity index (χ3v) is 3.44. The van der Waals surface area contributed by atoms with Crippen molar-refractivity contribution in [1.29, 1.82) is 0 Å². The van der Waals surface area contributed by atoms with Gasteiger partial charge in [0.1, 0.15) is 0 Å². The second kappa shape index (κ2) is 6.11. The molecule has 0 fully saturated rings. The molecule has 3 aromatic rings. The SMILES string of the molecule is COc1ccc(Cn2nnc(-c3ccccc3Cl)n2)cc1F. The largest absolute Gasteiger partial charge is 0.494 e. The Kier molecular flexibility index (Phi) is 4.02. The van der Waals surface area contributed by atoms with Crippen molar-refractivity contribution in [1.82, 2.24) is 20.2 Å². The maximum absolute atomic E-state index is 13.7. The van der Waals surface area contributed by atoms with Gasteiger partial charge in [-0.15, -0.1) is 10.2 Å². The van der Waals surface area contributed by atoms with Gasteiger partial charge in [0.25, 0.3) is 0 Å². The van der Waals surface area contributed by atoms with Crippen LogP contribution in [0.4, 0.5) is 4.39 Å². The molecule has 0 unspecified atom stereocenters. The van der Waals surface area contributed by atoms with Crippen molar-refractivity contribution in [2.24, 2.45) is 0 Å². The molecule has 0 spiro atoms. The van der Waals surface area contributed by atoms with Crippen molar-refractivity contribution in [2.75, 3.05) is 7.11 Å². The number of benzene rings is 2. The summed E-state index contributed by atoms with van der Waals surface area (Å²) in [5.74, 6) is 0.207. The normalized spacial score (nSPS) is 10.7. The highest BCUT2D eigenvalue weighted by Gasteiger charge is 2.10. The maximum Gasteiger partial charge on any atom is 0.206 e. The van der Waals surface area contributed by atoms with Crippen LogP contribution in [0.25, 0.3) is 11.4 Å². The molecule has 1 aromatic heterocycles. The molecule has 22 heavy (non-hydrogen) atoms. The summed E-state index contributed by atoms with van der Waals surface area (Å²) in [5, 5.41) is 12.8. The fourth-order valence-electron chi connectivity index (χ4n) is 2.03. The van der Waals surface area contributed by atoms with Crippen molar-refractivity contribution in [3.63, 3.8) is 0 Å². The summed E-state index contributed by atoms with van der Waals surface area (Å²) in [6.07, 6.45) is 0. The van der Waals surface area contributed by atoms with Crippen LogP contribution in [0.5, 0.6) is 5.75 Å². The Morgan fingerprint density at radius 1 is 1.23 bits per heavy atom. The maximum atomic E-state index is 13.7. The van der Waals surface area contributed by atoms with Gasteiger partial charge >= 0.3 is 0 Å². The average Bonchev–Trinajstić information content (AvgIpc) is 2.96. The van der Waals surface area contributed by atoms with Gasteiger partial charge in [-0.1, -0.05) is 29.8 Å². The molecule has 0 radical (unpaired) electrons. The molecule has 0 saturated heterocycles. The topological polar surface area (TPSA) is 52.8 Å². The lowest BCUT2D eigenvalue weighted by Gasteiger charge is -2.04. The van der Waals surface area contributed by atoms with Gasteiger partial charge in [0.05, 0.1) is 18.7 Å². The molecule has 0 aliphatic heterocycles. The van der Waals surface area contributed by atoms with Crippen LogP contribution in [-0.2, 0) is 6.54 Å². The van der Waals surface area contributed by atoms with E-state index in [1.54, 1.807) is 18.2 Å². The minimum Gasteiger partial charge on any atom is -0.494 e. The number of ether oxygens (including phenoxy) is 1. The van der Waals surface area contributed by atoms with Gasteiger partial charge in [-0.25, -0.2) is 4.39 Å². The van der Waals surface area contributed by atoms with E-state index >= 15 is 0 Å². The van der Waals surface area contributed by atoms with Crippen LogP contribution in [0.15, 0.2) is 42.5 Å². The molecule has 7 heteroatoms. The highest BCUT2D eigenvalue weighted by atomic mass is 35.5. The number of aromatic nitrogens is 4. The molecular weight excluding hydrogens is 307 g/mol. The molecule has 2 aromatic carbocycles. The first-order valence-corrected chi connectivity index (χ1v) is 6.90. The van der Waals surface area contributed by atoms with Crippen LogP contribution < -0.4 is 4.74 Å². The van der Waals surface area contributed by atoms with E-state index in [0.29, 0.717) is 28.5 Å². The van der Waals surface area contributed by atoms with E-state index in [1.165, 1.54) is 18.0 Å². The van der Waals surface area contributed by atoms with Crippen molar-refractivity contribution in [3.8, 4) is 17.1 Å². The first-order valence-electron chi connectivity index (χ1n) is 6.52. The summed E-state index contributed by atoms with van der Waals surface area (Å²) in [5.41, 5.74) is 1.41. The molecule has 3 rings (SSSR count). The molecule has 0 N–H and O–H groups in total. The van der Waals surface area contributed by atoms with Crippen LogP contribution in [0, 0.1) is 5.82 Å². The van der Waals surface area contributed by atoms with E-state index < -0.39 is 5.82 Å². The van der Waals surface area contributed by atoms with Crippen molar-refractivity contribution >= 4 is 11.6 Å². The molecule has 1 heterocycles. The Balaban J connectivity index is 1.83. The molecule has 0 saturated carbocycles. The number of halogens is 2. The monoisotopic (exact) mass is 318 g/mol. The van der Waals surface area contributed by atoms with Gasteiger partial charge in [0, 0.05) is 5.56 Å². The number of rotatable bonds is 4. The zero-order valence-corrected chi connectivity index (χ0v) is 12.5. The zero-order chi connectivity index (χ0) is 15.5. The smallest absolute Gasteiger partial charge is 0.206 e. The van der Waals surface area contributed by atoms with Gasteiger partial charge < -0.3 is 4.74 Å². The number of tetrazole rings is 1. The Morgan fingerprint density at radius 3 is 2.77 bits per heavy atom. The van der Waals surface area contributed by atoms with Crippen molar-refractivity contribution < 1.29 is 9.13 Å². The zero-order valence-electron chi connectivity index (χ0n) is 11.7. The lowest BCUT2D eigenvalue weighted by atomic mass is 10.2. The van der Waals surface area contributed by atoms with Gasteiger partial charge in [-0.2, -0.15) is 4.80 Å². The Bertz CT molecular complexity index is 806. The molecule has 112 valence electrons. The standard InChI is InChI=1S/C15H12ClFN4O/c1-22-14-7-6-10(8-13(14)17)9-21-19-15(18-20-21)11-4-2-3-5-12(11)16/h2-8H,9H2,1H3. The summed E-state index contributed by atoms with van der Waals surface area (Å²) in [7, 11) is 1.42. The van der Waals surface area contributed by atoms with Crippen LogP contribution in [0.2, 0.25) is 5.02 Å². The van der Waals surface area contributed by atoms with Gasteiger partial charge in [0.2, 0.25) is 5.82 Å². The fourth-order valence-corrected chi connectivity index (χ4v) is 2.25. The number of methoxy groups -OCH3 is 1. The van der Waals surface area contributed by atoms with Crippen LogP contribution in [-0.4, -0.2) is 27.3 Å². The molecule has 0 atom stereocenters. The summed E-state index contributed by atoms with van der Waals surface area (Å²) in [6.45, 7) is 0.304. The molecular formula is C15H12ClFN4O. The van der Waals surface area contributed by atoms with E-state index in [-0.39, 0.29) is 5.75 Å². The predicted octanol–water partition coefficient (Wildman–Crippen LogP) is 3.19. The minimum absolute atomic E-state index is 0.201. The Hall–Kier alpha value is -2.47. The van der Waals surface area contributed by atoms with Crippen LogP contribution >= 0.6 is 11.6 Å². The first kappa shape index (κ1) is 14.5. The van der Waals surface area contributed by atoms with E-state index in [4.69, 9.17) is 16.3 Å². The van der Waals surface area contributed by atoms with E-state index in [0.717, 1.165) is 0 Å². The Morgan fingerprint density at radius 2 is 2.05 bits per heavy atom. The predicted molar refractivity (Wildman–Crippen MR) is 80.3 cm³/mol.